The molecular formula is C12H10O4. The van der Waals surface area contributed by atoms with Gasteiger partial charge in [-0.3, -0.25) is 0 Å². The summed E-state index contributed by atoms with van der Waals surface area (Å²) < 4.78 is 9.90. The van der Waals surface area contributed by atoms with E-state index in [1.165, 1.54) is 0 Å². The Kier molecular flexibility index (Phi) is 2.48. The molecule has 0 N–H and O–H groups in total. The maximum atomic E-state index is 11.4. The molecule has 0 aliphatic carbocycles. The van der Waals surface area contributed by atoms with Gasteiger partial charge >= 0.3 is 11.9 Å². The number of ether oxygens (including phenoxy) is 2. The molecule has 0 amide bonds. The largest absolute Gasteiger partial charge is 0.457 e. The zero-order chi connectivity index (χ0) is 11.7. The Bertz CT molecular complexity index is 488. The molecular weight excluding hydrogens is 208 g/mol. The first-order valence-electron chi connectivity index (χ1n) is 4.76. The van der Waals surface area contributed by atoms with E-state index >= 15 is 0 Å². The van der Waals surface area contributed by atoms with E-state index in [4.69, 9.17) is 9.47 Å². The Morgan fingerprint density at radius 1 is 1.50 bits per heavy atom. The van der Waals surface area contributed by atoms with Gasteiger partial charge < -0.3 is 9.47 Å². The lowest BCUT2D eigenvalue weighted by atomic mass is 10.1. The molecule has 82 valence electrons. The smallest absolute Gasteiger partial charge is 0.342 e. The van der Waals surface area contributed by atoms with Crippen molar-refractivity contribution in [2.24, 2.45) is 0 Å². The predicted molar refractivity (Wildman–Crippen MR) is 56.0 cm³/mol. The summed E-state index contributed by atoms with van der Waals surface area (Å²) in [4.78, 5) is 22.7. The first kappa shape index (κ1) is 10.4. The molecule has 4 heteroatoms. The van der Waals surface area contributed by atoms with Gasteiger partial charge in [-0.2, -0.15) is 0 Å². The minimum absolute atomic E-state index is 0.229. The quantitative estimate of drug-likeness (QED) is 0.431. The second kappa shape index (κ2) is 3.81. The second-order valence-corrected chi connectivity index (χ2v) is 3.54. The highest BCUT2D eigenvalue weighted by Crippen LogP contribution is 2.29. The maximum absolute atomic E-state index is 11.4. The zero-order valence-electron chi connectivity index (χ0n) is 8.78. The van der Waals surface area contributed by atoms with Crippen molar-refractivity contribution in [3.63, 3.8) is 0 Å². The second-order valence-electron chi connectivity index (χ2n) is 3.54. The molecule has 0 unspecified atom stereocenters. The molecule has 0 saturated heterocycles. The van der Waals surface area contributed by atoms with Crippen LogP contribution in [0.1, 0.15) is 22.8 Å². The van der Waals surface area contributed by atoms with Crippen LogP contribution in [0.4, 0.5) is 0 Å². The third-order valence-corrected chi connectivity index (χ3v) is 2.23. The highest BCUT2D eigenvalue weighted by atomic mass is 16.6. The van der Waals surface area contributed by atoms with E-state index < -0.39 is 11.9 Å². The van der Waals surface area contributed by atoms with Crippen LogP contribution < -0.4 is 4.74 Å². The minimum Gasteiger partial charge on any atom is -0.457 e. The number of carbonyl (C=O) groups excluding carboxylic acids is 2. The van der Waals surface area contributed by atoms with Crippen LogP contribution in [0.15, 0.2) is 30.4 Å². The van der Waals surface area contributed by atoms with E-state index in [1.807, 2.05) is 0 Å². The summed E-state index contributed by atoms with van der Waals surface area (Å²) in [5, 5.41) is 0. The lowest BCUT2D eigenvalue weighted by Gasteiger charge is -2.06. The molecule has 1 aromatic carbocycles. The number of benzene rings is 1. The molecule has 0 fully saturated rings. The van der Waals surface area contributed by atoms with Gasteiger partial charge in [-0.25, -0.2) is 9.59 Å². The standard InChI is InChI=1S/C12H10O4/c1-7(2)11(13)16-9-5-3-4-8-6-15-12(14)10(8)9/h3-5H,1,6H2,2H3. The van der Waals surface area contributed by atoms with E-state index in [1.54, 1.807) is 25.1 Å². The Morgan fingerprint density at radius 2 is 2.25 bits per heavy atom. The van der Waals surface area contributed by atoms with Crippen molar-refractivity contribution in [3.8, 4) is 5.75 Å². The van der Waals surface area contributed by atoms with Gasteiger partial charge in [0, 0.05) is 11.1 Å². The summed E-state index contributed by atoms with van der Waals surface area (Å²) in [6.45, 7) is 5.25. The molecule has 0 aromatic heterocycles. The SMILES string of the molecule is C=C(C)C(=O)Oc1cccc2c1C(=O)OC2. The van der Waals surface area contributed by atoms with Crippen molar-refractivity contribution in [1.82, 2.24) is 0 Å². The van der Waals surface area contributed by atoms with Crippen LogP contribution in [0.2, 0.25) is 0 Å². The molecule has 2 rings (SSSR count). The molecule has 1 aromatic rings. The molecule has 0 spiro atoms. The fourth-order valence-electron chi connectivity index (χ4n) is 1.42. The molecule has 0 saturated carbocycles. The van der Waals surface area contributed by atoms with Gasteiger partial charge in [0.1, 0.15) is 17.9 Å². The number of hydrogen-bond acceptors (Lipinski definition) is 4. The number of hydrogen-bond donors (Lipinski definition) is 0. The van der Waals surface area contributed by atoms with Gasteiger partial charge in [0.15, 0.2) is 0 Å². The maximum Gasteiger partial charge on any atom is 0.342 e. The average molecular weight is 218 g/mol. The number of fused-ring (bicyclic) bond motifs is 1. The lowest BCUT2D eigenvalue weighted by molar-refractivity contribution is -0.130. The third-order valence-electron chi connectivity index (χ3n) is 2.23. The summed E-state index contributed by atoms with van der Waals surface area (Å²) in [6.07, 6.45) is 0. The van der Waals surface area contributed by atoms with E-state index in [2.05, 4.69) is 6.58 Å². The summed E-state index contributed by atoms with van der Waals surface area (Å²) in [6, 6.07) is 5.03. The van der Waals surface area contributed by atoms with Crippen molar-refractivity contribution in [3.05, 3.63) is 41.5 Å². The molecule has 0 radical (unpaired) electrons. The Balaban J connectivity index is 2.36. The van der Waals surface area contributed by atoms with E-state index in [0.717, 1.165) is 5.56 Å². The normalized spacial score (nSPS) is 12.9. The fraction of sp³-hybridized carbons (Fsp3) is 0.167. The van der Waals surface area contributed by atoms with Crippen molar-refractivity contribution >= 4 is 11.9 Å². The summed E-state index contributed by atoms with van der Waals surface area (Å²) >= 11 is 0. The van der Waals surface area contributed by atoms with Crippen molar-refractivity contribution in [1.29, 1.82) is 0 Å². The first-order valence-corrected chi connectivity index (χ1v) is 4.76. The van der Waals surface area contributed by atoms with Crippen LogP contribution >= 0.6 is 0 Å². The number of esters is 2. The molecule has 1 aliphatic rings. The van der Waals surface area contributed by atoms with E-state index in [9.17, 15) is 9.59 Å². The van der Waals surface area contributed by atoms with Crippen molar-refractivity contribution < 1.29 is 19.1 Å². The lowest BCUT2D eigenvalue weighted by Crippen LogP contribution is -2.10. The van der Waals surface area contributed by atoms with Gasteiger partial charge in [-0.1, -0.05) is 18.7 Å². The zero-order valence-corrected chi connectivity index (χ0v) is 8.78. The molecule has 0 bridgehead atoms. The third kappa shape index (κ3) is 1.69. The van der Waals surface area contributed by atoms with Gasteiger partial charge in [0.2, 0.25) is 0 Å². The van der Waals surface area contributed by atoms with Gasteiger partial charge in [0.25, 0.3) is 0 Å². The van der Waals surface area contributed by atoms with Crippen LogP contribution in [0.5, 0.6) is 5.75 Å². The highest BCUT2D eigenvalue weighted by molar-refractivity contribution is 5.98. The van der Waals surface area contributed by atoms with E-state index in [-0.39, 0.29) is 17.9 Å². The number of cyclic esters (lactones) is 1. The summed E-state index contributed by atoms with van der Waals surface area (Å²) in [5.74, 6) is -0.777. The topological polar surface area (TPSA) is 52.6 Å². The van der Waals surface area contributed by atoms with E-state index in [0.29, 0.717) is 5.56 Å². The fourth-order valence-corrected chi connectivity index (χ4v) is 1.42. The van der Waals surface area contributed by atoms with Crippen molar-refractivity contribution in [2.45, 2.75) is 13.5 Å². The van der Waals surface area contributed by atoms with Crippen LogP contribution in [0, 0.1) is 0 Å². The predicted octanol–water partition coefficient (Wildman–Crippen LogP) is 1.84. The molecule has 4 nitrogen and oxygen atoms in total. The van der Waals surface area contributed by atoms with Crippen LogP contribution in [0.3, 0.4) is 0 Å². The van der Waals surface area contributed by atoms with Crippen molar-refractivity contribution in [2.75, 3.05) is 0 Å². The monoisotopic (exact) mass is 218 g/mol. The van der Waals surface area contributed by atoms with Gasteiger partial charge in [0.05, 0.1) is 0 Å². The van der Waals surface area contributed by atoms with Gasteiger partial charge in [-0.15, -0.1) is 0 Å². The molecule has 1 aliphatic heterocycles. The Labute approximate surface area is 92.5 Å². The Hall–Kier alpha value is -2.10. The van der Waals surface area contributed by atoms with Crippen LogP contribution in [-0.2, 0) is 16.1 Å². The molecule has 1 heterocycles. The Morgan fingerprint density at radius 3 is 2.94 bits per heavy atom. The number of rotatable bonds is 2. The highest BCUT2D eigenvalue weighted by Gasteiger charge is 2.26. The molecule has 16 heavy (non-hydrogen) atoms. The molecule has 0 atom stereocenters. The van der Waals surface area contributed by atoms with Gasteiger partial charge in [-0.05, 0) is 13.0 Å². The van der Waals surface area contributed by atoms with Crippen LogP contribution in [-0.4, -0.2) is 11.9 Å². The minimum atomic E-state index is -0.548. The summed E-state index contributed by atoms with van der Waals surface area (Å²) in [5.41, 5.74) is 1.35. The number of carbonyl (C=O) groups is 2. The van der Waals surface area contributed by atoms with Crippen LogP contribution in [0.25, 0.3) is 0 Å². The summed E-state index contributed by atoms with van der Waals surface area (Å²) in [7, 11) is 0. The average Bonchev–Trinajstić information content (AvgIpc) is 2.61. The first-order chi connectivity index (χ1) is 7.59.